The first kappa shape index (κ1) is 22.5. The number of carbonyl (C=O) groups excluding carboxylic acids is 2. The van der Waals surface area contributed by atoms with Gasteiger partial charge in [0.05, 0.1) is 23.4 Å². The average molecular weight is 467 g/mol. The number of fused-ring (bicyclic) bond motifs is 1. The zero-order valence-electron chi connectivity index (χ0n) is 17.9. The number of nitrogens with zero attached hydrogens (tertiary/aromatic N) is 1. The Morgan fingerprint density at radius 3 is 2.75 bits per heavy atom. The third kappa shape index (κ3) is 3.94. The lowest BCUT2D eigenvalue weighted by Gasteiger charge is -2.27. The first-order chi connectivity index (χ1) is 15.2. The molecule has 2 amide bonds. The minimum absolute atomic E-state index is 0.0389. The Morgan fingerprint density at radius 1 is 1.31 bits per heavy atom. The van der Waals surface area contributed by atoms with Crippen LogP contribution in [0.15, 0.2) is 42.5 Å². The topological polar surface area (TPSA) is 77.1 Å². The number of amides is 2. The van der Waals surface area contributed by atoms with Gasteiger partial charge in [-0.3, -0.25) is 19.2 Å². The quantitative estimate of drug-likeness (QED) is 0.630. The number of rotatable bonds is 6. The van der Waals surface area contributed by atoms with Crippen LogP contribution in [0.25, 0.3) is 0 Å². The van der Waals surface area contributed by atoms with Gasteiger partial charge in [-0.1, -0.05) is 13.0 Å². The molecule has 2 aliphatic heterocycles. The highest BCUT2D eigenvalue weighted by Crippen LogP contribution is 2.49. The molecule has 172 valence electrons. The number of ether oxygens (including phenoxy) is 1. The van der Waals surface area contributed by atoms with Crippen molar-refractivity contribution in [1.29, 1.82) is 0 Å². The van der Waals surface area contributed by atoms with Gasteiger partial charge < -0.3 is 4.74 Å². The molecule has 2 unspecified atom stereocenters. The summed E-state index contributed by atoms with van der Waals surface area (Å²) in [5.41, 5.74) is 1.23. The van der Waals surface area contributed by atoms with Gasteiger partial charge >= 0.3 is 6.61 Å². The summed E-state index contributed by atoms with van der Waals surface area (Å²) in [7, 11) is -1.85. The summed E-state index contributed by atoms with van der Waals surface area (Å²) in [6, 6.07) is 11.1. The van der Waals surface area contributed by atoms with Crippen LogP contribution in [0.1, 0.15) is 36.2 Å². The van der Waals surface area contributed by atoms with E-state index >= 15 is 0 Å². The lowest BCUT2D eigenvalue weighted by molar-refractivity contribution is -0.173. The van der Waals surface area contributed by atoms with Crippen LogP contribution in [0.2, 0.25) is 0 Å². The fraction of sp³-hybridized carbons (Fsp3) is 0.364. The minimum atomic E-state index is -2.97. The minimum Gasteiger partial charge on any atom is -0.435 e. The van der Waals surface area contributed by atoms with Gasteiger partial charge in [0.1, 0.15) is 5.75 Å². The first-order valence-electron chi connectivity index (χ1n) is 10.1. The van der Waals surface area contributed by atoms with Crippen LogP contribution >= 0.6 is 10.5 Å². The highest BCUT2D eigenvalue weighted by molar-refractivity contribution is 8.28. The summed E-state index contributed by atoms with van der Waals surface area (Å²) in [5, 5.41) is 0. The molecule has 0 radical (unpaired) electrons. The van der Waals surface area contributed by atoms with Crippen LogP contribution in [-0.4, -0.2) is 37.0 Å². The monoisotopic (exact) mass is 466 g/mol. The highest BCUT2D eigenvalue weighted by Gasteiger charge is 2.47. The zero-order valence-corrected chi connectivity index (χ0v) is 18.7. The van der Waals surface area contributed by atoms with E-state index < -0.39 is 22.5 Å². The number of benzene rings is 2. The largest absolute Gasteiger partial charge is 0.435 e. The SMILES string of the molecule is CCC1(C)C(=O)N(c2cccc(OC(F)F)c2)c2ccc(C(=O)NS3(C)CCOO3)cc21. The molecule has 0 bridgehead atoms. The molecule has 4 rings (SSSR count). The first-order valence-corrected chi connectivity index (χ1v) is 12.2. The molecule has 2 aliphatic rings. The van der Waals surface area contributed by atoms with Gasteiger partial charge in [-0.05, 0) is 59.7 Å². The molecule has 2 aromatic rings. The van der Waals surface area contributed by atoms with E-state index in [4.69, 9.17) is 9.22 Å². The number of hydrogen-bond donors (Lipinski definition) is 1. The predicted octanol–water partition coefficient (Wildman–Crippen LogP) is 4.59. The third-order valence-electron chi connectivity index (χ3n) is 5.84. The van der Waals surface area contributed by atoms with Crippen molar-refractivity contribution >= 4 is 33.7 Å². The molecule has 0 spiro atoms. The summed E-state index contributed by atoms with van der Waals surface area (Å²) >= 11 is 0. The molecule has 2 aromatic carbocycles. The lowest BCUT2D eigenvalue weighted by Crippen LogP contribution is -2.35. The standard InChI is InChI=1S/C22H24F2N2O5S/c1-4-22(2)17-12-14(19(27)25-32(3)11-10-29-31-32)8-9-18(17)26(20(22)28)15-6-5-7-16(13-15)30-21(23)24/h5-9,12-13,21H,4,10-11H2,1-3H3,(H,25,27). The number of anilines is 2. The van der Waals surface area contributed by atoms with Crippen molar-refractivity contribution in [2.24, 2.45) is 0 Å². The van der Waals surface area contributed by atoms with E-state index in [1.807, 2.05) is 13.8 Å². The van der Waals surface area contributed by atoms with E-state index in [9.17, 15) is 18.4 Å². The summed E-state index contributed by atoms with van der Waals surface area (Å²) in [6.07, 6.45) is 2.30. The predicted molar refractivity (Wildman–Crippen MR) is 117 cm³/mol. The number of hydrogen-bond acceptors (Lipinski definition) is 5. The van der Waals surface area contributed by atoms with Gasteiger partial charge in [-0.15, -0.1) is 0 Å². The smallest absolute Gasteiger partial charge is 0.387 e. The molecule has 7 nitrogen and oxygen atoms in total. The molecule has 1 saturated heterocycles. The van der Waals surface area contributed by atoms with Crippen LogP contribution in [0, 0.1) is 0 Å². The summed E-state index contributed by atoms with van der Waals surface area (Å²) in [4.78, 5) is 32.8. The Morgan fingerprint density at radius 2 is 2.09 bits per heavy atom. The van der Waals surface area contributed by atoms with E-state index in [1.54, 1.807) is 36.6 Å². The van der Waals surface area contributed by atoms with Gasteiger partial charge in [0.25, 0.3) is 5.91 Å². The van der Waals surface area contributed by atoms with Crippen molar-refractivity contribution in [3.05, 3.63) is 53.6 Å². The molecule has 2 heterocycles. The van der Waals surface area contributed by atoms with Crippen LogP contribution in [0.3, 0.4) is 0 Å². The van der Waals surface area contributed by atoms with Gasteiger partial charge in [-0.25, -0.2) is 4.89 Å². The third-order valence-corrected chi connectivity index (χ3v) is 7.80. The summed E-state index contributed by atoms with van der Waals surface area (Å²) < 4.78 is 38.0. The molecule has 0 saturated carbocycles. The highest BCUT2D eigenvalue weighted by atomic mass is 32.3. The molecule has 1 fully saturated rings. The molecule has 32 heavy (non-hydrogen) atoms. The average Bonchev–Trinajstić information content (AvgIpc) is 3.27. The van der Waals surface area contributed by atoms with Gasteiger partial charge in [-0.2, -0.15) is 13.1 Å². The maximum absolute atomic E-state index is 13.5. The second kappa shape index (κ2) is 8.34. The fourth-order valence-corrected chi connectivity index (χ4v) is 5.25. The number of halogens is 2. The molecule has 0 aromatic heterocycles. The van der Waals surface area contributed by atoms with Crippen LogP contribution in [0.5, 0.6) is 5.75 Å². The maximum atomic E-state index is 13.5. The summed E-state index contributed by atoms with van der Waals surface area (Å²) in [6.45, 7) is 1.16. The molecule has 2 atom stereocenters. The second-order valence-electron chi connectivity index (χ2n) is 7.96. The number of alkyl halides is 2. The molecule has 10 heteroatoms. The van der Waals surface area contributed by atoms with Crippen molar-refractivity contribution in [2.75, 3.05) is 23.5 Å². The molecule has 1 N–H and O–H groups in total. The van der Waals surface area contributed by atoms with E-state index in [0.29, 0.717) is 41.3 Å². The van der Waals surface area contributed by atoms with Gasteiger partial charge in [0.15, 0.2) is 0 Å². The second-order valence-corrected chi connectivity index (χ2v) is 10.7. The van der Waals surface area contributed by atoms with Crippen molar-refractivity contribution in [2.45, 2.75) is 32.3 Å². The Kier molecular flexibility index (Phi) is 5.87. The van der Waals surface area contributed by atoms with Gasteiger partial charge in [0, 0.05) is 23.6 Å². The van der Waals surface area contributed by atoms with Gasteiger partial charge in [0.2, 0.25) is 5.91 Å². The van der Waals surface area contributed by atoms with Crippen LogP contribution in [0.4, 0.5) is 20.2 Å². The normalized spacial score (nSPS) is 26.7. The van der Waals surface area contributed by atoms with E-state index in [-0.39, 0.29) is 17.6 Å². The molecular formula is C22H24F2N2O5S. The summed E-state index contributed by atoms with van der Waals surface area (Å²) in [5.74, 6) is 0.0434. The lowest BCUT2D eigenvalue weighted by atomic mass is 9.81. The van der Waals surface area contributed by atoms with Crippen LogP contribution < -0.4 is 14.4 Å². The number of nitrogens with one attached hydrogen (secondary N) is 1. The zero-order chi connectivity index (χ0) is 23.1. The van der Waals surface area contributed by atoms with Crippen molar-refractivity contribution < 1.29 is 32.3 Å². The van der Waals surface area contributed by atoms with Crippen molar-refractivity contribution in [3.63, 3.8) is 0 Å². The molecule has 0 aliphatic carbocycles. The Hall–Kier alpha value is -2.69. The van der Waals surface area contributed by atoms with E-state index in [2.05, 4.69) is 9.46 Å². The van der Waals surface area contributed by atoms with Crippen molar-refractivity contribution in [3.8, 4) is 5.75 Å². The maximum Gasteiger partial charge on any atom is 0.387 e. The Bertz CT molecular complexity index is 1060. The number of carbonyl (C=O) groups is 2. The molecular weight excluding hydrogens is 442 g/mol. The van der Waals surface area contributed by atoms with Crippen molar-refractivity contribution in [1.82, 2.24) is 4.72 Å². The Labute approximate surface area is 186 Å². The van der Waals surface area contributed by atoms with Crippen LogP contribution in [-0.2, 0) is 19.4 Å². The fourth-order valence-electron chi connectivity index (χ4n) is 3.87. The van der Waals surface area contributed by atoms with E-state index in [0.717, 1.165) is 0 Å². The van der Waals surface area contributed by atoms with E-state index in [1.165, 1.54) is 17.0 Å². The Balaban J connectivity index is 1.71.